The predicted octanol–water partition coefficient (Wildman–Crippen LogP) is 4.32. The highest BCUT2D eigenvalue weighted by atomic mass is 32.2. The molecule has 1 atom stereocenters. The quantitative estimate of drug-likeness (QED) is 0.567. The molecule has 0 saturated carbocycles. The van der Waals surface area contributed by atoms with Crippen LogP contribution >= 0.6 is 0 Å². The Hall–Kier alpha value is -4.04. The number of halogens is 2. The summed E-state index contributed by atoms with van der Waals surface area (Å²) >= 11 is 0. The van der Waals surface area contributed by atoms with Crippen LogP contribution in [0.2, 0.25) is 0 Å². The van der Waals surface area contributed by atoms with E-state index in [9.17, 15) is 17.8 Å². The van der Waals surface area contributed by atoms with Gasteiger partial charge in [-0.05, 0) is 36.4 Å². The van der Waals surface area contributed by atoms with Crippen molar-refractivity contribution in [2.24, 2.45) is 0 Å². The van der Waals surface area contributed by atoms with Gasteiger partial charge in [0.15, 0.2) is 11.6 Å². The molecule has 1 heterocycles. The lowest BCUT2D eigenvalue weighted by molar-refractivity contribution is 0.102. The Labute approximate surface area is 182 Å². The van der Waals surface area contributed by atoms with E-state index in [1.807, 2.05) is 6.07 Å². The van der Waals surface area contributed by atoms with Crippen molar-refractivity contribution >= 4 is 21.3 Å². The van der Waals surface area contributed by atoms with E-state index in [2.05, 4.69) is 10.3 Å². The Bertz CT molecular complexity index is 1350. The van der Waals surface area contributed by atoms with Crippen molar-refractivity contribution < 1.29 is 27.3 Å². The minimum absolute atomic E-state index is 0.0521. The zero-order valence-corrected chi connectivity index (χ0v) is 17.6. The first-order valence-corrected chi connectivity index (χ1v) is 10.9. The molecule has 0 aliphatic carbocycles. The zero-order valence-electron chi connectivity index (χ0n) is 16.8. The number of nitrogens with zero attached hydrogens (tertiary/aromatic N) is 2. The minimum Gasteiger partial charge on any atom is -0.490 e. The Kier molecular flexibility index (Phi) is 6.36. The second kappa shape index (κ2) is 8.99. The summed E-state index contributed by atoms with van der Waals surface area (Å²) in [6, 6.07) is 10.9. The third-order valence-electron chi connectivity index (χ3n) is 4.19. The smallest absolute Gasteiger partial charge is 0.261 e. The zero-order chi connectivity index (χ0) is 23.5. The molecule has 3 aromatic rings. The first-order valence-electron chi connectivity index (χ1n) is 8.89. The standard InChI is InChI=1S/C21H16F2N4O4S/c1-30-19-17(7-6-16(22)18(19)23)31-21-15(8-12(10-24)11-26-21)20(28)27-13-4-3-5-14(9-13)32(2,25)29/h3-9,11,25H,1-2H3,(H,27,28). The van der Waals surface area contributed by atoms with Gasteiger partial charge in [0, 0.05) is 23.0 Å². The van der Waals surface area contributed by atoms with Gasteiger partial charge in [-0.1, -0.05) is 6.07 Å². The van der Waals surface area contributed by atoms with Gasteiger partial charge in [0.2, 0.25) is 17.4 Å². The molecule has 0 saturated heterocycles. The molecule has 0 spiro atoms. The fourth-order valence-electron chi connectivity index (χ4n) is 2.66. The Morgan fingerprint density at radius 3 is 2.66 bits per heavy atom. The number of aromatic nitrogens is 1. The molecule has 8 nitrogen and oxygen atoms in total. The third kappa shape index (κ3) is 4.81. The van der Waals surface area contributed by atoms with Crippen LogP contribution in [0.25, 0.3) is 0 Å². The predicted molar refractivity (Wildman–Crippen MR) is 111 cm³/mol. The van der Waals surface area contributed by atoms with Crippen molar-refractivity contribution in [3.8, 4) is 23.4 Å². The van der Waals surface area contributed by atoms with E-state index in [4.69, 9.17) is 19.5 Å². The fourth-order valence-corrected chi connectivity index (χ4v) is 3.35. The summed E-state index contributed by atoms with van der Waals surface area (Å²) in [5.41, 5.74) is 0.119. The second-order valence-electron chi connectivity index (χ2n) is 6.51. The number of rotatable bonds is 6. The lowest BCUT2D eigenvalue weighted by atomic mass is 10.2. The molecule has 0 aliphatic heterocycles. The van der Waals surface area contributed by atoms with Gasteiger partial charge < -0.3 is 14.8 Å². The average molecular weight is 458 g/mol. The number of carbonyl (C=O) groups is 1. The van der Waals surface area contributed by atoms with Crippen LogP contribution in [0.1, 0.15) is 15.9 Å². The van der Waals surface area contributed by atoms with Crippen molar-refractivity contribution in [2.75, 3.05) is 18.7 Å². The van der Waals surface area contributed by atoms with Gasteiger partial charge >= 0.3 is 0 Å². The lowest BCUT2D eigenvalue weighted by Crippen LogP contribution is -2.14. The number of pyridine rings is 1. The summed E-state index contributed by atoms with van der Waals surface area (Å²) < 4.78 is 57.5. The fraction of sp³-hybridized carbons (Fsp3) is 0.0952. The van der Waals surface area contributed by atoms with Crippen molar-refractivity contribution in [3.63, 3.8) is 0 Å². The maximum absolute atomic E-state index is 14.0. The van der Waals surface area contributed by atoms with Crippen molar-refractivity contribution in [2.45, 2.75) is 4.90 Å². The van der Waals surface area contributed by atoms with Crippen LogP contribution in [-0.2, 0) is 9.73 Å². The SMILES string of the molecule is COc1c(Oc2ncc(C#N)cc2C(=O)Nc2cccc(S(C)(=N)=O)c2)ccc(F)c1F. The van der Waals surface area contributed by atoms with Crippen LogP contribution in [0.15, 0.2) is 53.6 Å². The van der Waals surface area contributed by atoms with Crippen LogP contribution in [0.5, 0.6) is 17.4 Å². The van der Waals surface area contributed by atoms with Crippen LogP contribution in [0.3, 0.4) is 0 Å². The summed E-state index contributed by atoms with van der Waals surface area (Å²) in [4.78, 5) is 17.1. The van der Waals surface area contributed by atoms with Gasteiger partial charge in [0.1, 0.15) is 11.6 Å². The number of nitriles is 1. The van der Waals surface area contributed by atoms with Gasteiger partial charge in [-0.3, -0.25) is 4.79 Å². The summed E-state index contributed by atoms with van der Waals surface area (Å²) in [6.07, 6.45) is 2.39. The largest absolute Gasteiger partial charge is 0.490 e. The number of methoxy groups -OCH3 is 1. The molecule has 1 aromatic heterocycles. The third-order valence-corrected chi connectivity index (χ3v) is 5.34. The minimum atomic E-state index is -3.01. The van der Waals surface area contributed by atoms with E-state index in [1.165, 1.54) is 36.6 Å². The topological polar surface area (TPSA) is 125 Å². The van der Waals surface area contributed by atoms with Gasteiger partial charge in [-0.2, -0.15) is 9.65 Å². The van der Waals surface area contributed by atoms with Gasteiger partial charge in [-0.15, -0.1) is 0 Å². The molecule has 3 rings (SSSR count). The molecule has 0 fully saturated rings. The second-order valence-corrected chi connectivity index (χ2v) is 8.67. The monoisotopic (exact) mass is 458 g/mol. The van der Waals surface area contributed by atoms with E-state index in [-0.39, 0.29) is 33.3 Å². The van der Waals surface area contributed by atoms with E-state index in [0.29, 0.717) is 0 Å². The Morgan fingerprint density at radius 1 is 1.25 bits per heavy atom. The number of hydrogen-bond acceptors (Lipinski definition) is 7. The molecular formula is C21H16F2N4O4S. The van der Waals surface area contributed by atoms with E-state index in [0.717, 1.165) is 25.4 Å². The number of anilines is 1. The Morgan fingerprint density at radius 2 is 2.00 bits per heavy atom. The van der Waals surface area contributed by atoms with Gasteiger partial charge in [0.25, 0.3) is 5.91 Å². The van der Waals surface area contributed by atoms with E-state index in [1.54, 1.807) is 0 Å². The number of nitrogens with one attached hydrogen (secondary N) is 2. The van der Waals surface area contributed by atoms with Crippen molar-refractivity contribution in [3.05, 3.63) is 71.4 Å². The van der Waals surface area contributed by atoms with Gasteiger partial charge in [-0.25, -0.2) is 18.4 Å². The van der Waals surface area contributed by atoms with Gasteiger partial charge in [0.05, 0.1) is 22.4 Å². The molecule has 164 valence electrons. The maximum atomic E-state index is 14.0. The van der Waals surface area contributed by atoms with Crippen LogP contribution in [-0.4, -0.2) is 28.5 Å². The van der Waals surface area contributed by atoms with E-state index >= 15 is 0 Å². The maximum Gasteiger partial charge on any atom is 0.261 e. The molecule has 11 heteroatoms. The van der Waals surface area contributed by atoms with E-state index < -0.39 is 33.0 Å². The van der Waals surface area contributed by atoms with Crippen LogP contribution in [0.4, 0.5) is 14.5 Å². The molecule has 1 unspecified atom stereocenters. The number of benzene rings is 2. The average Bonchev–Trinajstić information content (AvgIpc) is 2.76. The Balaban J connectivity index is 2.00. The molecule has 1 amide bonds. The highest BCUT2D eigenvalue weighted by molar-refractivity contribution is 7.91. The molecule has 0 bridgehead atoms. The number of carbonyl (C=O) groups excluding carboxylic acids is 1. The summed E-state index contributed by atoms with van der Waals surface area (Å²) in [5, 5.41) is 11.7. The molecule has 2 N–H and O–H groups in total. The highest BCUT2D eigenvalue weighted by Gasteiger charge is 2.21. The van der Waals surface area contributed by atoms with Crippen LogP contribution in [0, 0.1) is 27.7 Å². The molecule has 32 heavy (non-hydrogen) atoms. The summed E-state index contributed by atoms with van der Waals surface area (Å²) in [6.45, 7) is 0. The molecular weight excluding hydrogens is 442 g/mol. The van der Waals surface area contributed by atoms with Crippen LogP contribution < -0.4 is 14.8 Å². The number of hydrogen-bond donors (Lipinski definition) is 2. The lowest BCUT2D eigenvalue weighted by Gasteiger charge is -2.14. The summed E-state index contributed by atoms with van der Waals surface area (Å²) in [5.74, 6) is -4.22. The number of ether oxygens (including phenoxy) is 2. The number of amides is 1. The van der Waals surface area contributed by atoms with Crippen molar-refractivity contribution in [1.82, 2.24) is 4.98 Å². The molecule has 2 aromatic carbocycles. The highest BCUT2D eigenvalue weighted by Crippen LogP contribution is 2.35. The van der Waals surface area contributed by atoms with Crippen molar-refractivity contribution in [1.29, 1.82) is 10.0 Å². The first kappa shape index (κ1) is 22.6. The summed E-state index contributed by atoms with van der Waals surface area (Å²) in [7, 11) is -1.89. The first-order chi connectivity index (χ1) is 15.1. The normalized spacial score (nSPS) is 12.3. The molecule has 0 radical (unpaired) electrons. The molecule has 0 aliphatic rings.